The first kappa shape index (κ1) is 32.2. The summed E-state index contributed by atoms with van der Waals surface area (Å²) in [5.74, 6) is -1.50. The van der Waals surface area contributed by atoms with Crippen molar-refractivity contribution in [2.75, 3.05) is 38.5 Å². The van der Waals surface area contributed by atoms with Crippen LogP contribution in [-0.2, 0) is 23.2 Å². The molecule has 48 heavy (non-hydrogen) atoms. The number of piperidine rings is 2. The Hall–Kier alpha value is -4.40. The Morgan fingerprint density at radius 1 is 0.979 bits per heavy atom. The molecule has 2 aromatic carbocycles. The molecule has 0 saturated carbocycles. The van der Waals surface area contributed by atoms with Crippen LogP contribution in [0.5, 0.6) is 5.75 Å². The van der Waals surface area contributed by atoms with Crippen molar-refractivity contribution < 1.29 is 23.9 Å². The fourth-order valence-corrected chi connectivity index (χ4v) is 7.61. The first-order valence-corrected chi connectivity index (χ1v) is 16.8. The summed E-state index contributed by atoms with van der Waals surface area (Å²) < 4.78 is 8.00. The lowest BCUT2D eigenvalue weighted by Crippen LogP contribution is -2.54. The van der Waals surface area contributed by atoms with E-state index in [4.69, 9.17) is 4.74 Å². The third-order valence-electron chi connectivity index (χ3n) is 9.58. The number of fused-ring (bicyclic) bond motifs is 1. The molecule has 1 aromatic heterocycles. The fraction of sp³-hybridized carbons (Fsp3) is 0.412. The van der Waals surface area contributed by atoms with Gasteiger partial charge in [0.15, 0.2) is 0 Å². The van der Waals surface area contributed by atoms with Gasteiger partial charge >= 0.3 is 0 Å². The van der Waals surface area contributed by atoms with Crippen LogP contribution < -0.4 is 20.9 Å². The molecule has 0 bridgehead atoms. The minimum Gasteiger partial charge on any atom is -0.487 e. The largest absolute Gasteiger partial charge is 0.487 e. The average molecular weight is 719 g/mol. The van der Waals surface area contributed by atoms with Crippen LogP contribution in [0.1, 0.15) is 57.0 Å². The Bertz CT molecular complexity index is 1860. The minimum absolute atomic E-state index is 0.0685. The number of nitrogens with one attached hydrogen (secondary N) is 2. The summed E-state index contributed by atoms with van der Waals surface area (Å²) in [6.45, 7) is 3.90. The number of carbonyl (C=O) groups excluding carboxylic acids is 4. The number of imide groups is 2. The molecule has 1 unspecified atom stereocenters. The summed E-state index contributed by atoms with van der Waals surface area (Å²) in [5, 5.41) is 9.89. The minimum atomic E-state index is -1.02. The highest BCUT2D eigenvalue weighted by Gasteiger charge is 2.46. The number of aromatic nitrogens is 2. The molecule has 4 aliphatic heterocycles. The summed E-state index contributed by atoms with van der Waals surface area (Å²) in [6, 6.07) is 12.8. The zero-order valence-electron chi connectivity index (χ0n) is 26.6. The highest BCUT2D eigenvalue weighted by molar-refractivity contribution is 9.10. The van der Waals surface area contributed by atoms with E-state index in [9.17, 15) is 24.0 Å². The number of carbonyl (C=O) groups is 4. The van der Waals surface area contributed by atoms with E-state index >= 15 is 0 Å². The molecule has 7 rings (SSSR count). The first-order chi connectivity index (χ1) is 23.0. The fourth-order valence-electron chi connectivity index (χ4n) is 7.14. The molecule has 0 radical (unpaired) electrons. The van der Waals surface area contributed by atoms with Gasteiger partial charge in [-0.1, -0.05) is 30.3 Å². The van der Waals surface area contributed by atoms with Crippen molar-refractivity contribution in [1.82, 2.24) is 29.8 Å². The molecule has 0 spiro atoms. The number of amides is 4. The summed E-state index contributed by atoms with van der Waals surface area (Å²) in [5.41, 5.74) is 3.36. The van der Waals surface area contributed by atoms with Crippen molar-refractivity contribution in [2.24, 2.45) is 7.05 Å². The zero-order chi connectivity index (χ0) is 33.7. The number of hydrogen-bond donors (Lipinski definition) is 2. The van der Waals surface area contributed by atoms with Crippen molar-refractivity contribution in [1.29, 1.82) is 0 Å². The van der Waals surface area contributed by atoms with Crippen molar-refractivity contribution in [3.63, 3.8) is 0 Å². The van der Waals surface area contributed by atoms with Crippen LogP contribution in [0.3, 0.4) is 0 Å². The predicted octanol–water partition coefficient (Wildman–Crippen LogP) is 2.11. The molecule has 13 nitrogen and oxygen atoms in total. The SMILES string of the molecule is CN1C[C@@H](Nc2cnn(C)c(=O)c2Br)C[C@@H](c2ccc(CN3CC(Oc4cccc5c4C(=O)N(C4CCC(=O)NC4=O)C5=O)C3)cc2)C1. The second kappa shape index (κ2) is 12.9. The Balaban J connectivity index is 0.937. The Labute approximate surface area is 285 Å². The van der Waals surface area contributed by atoms with Crippen molar-refractivity contribution in [2.45, 2.75) is 49.9 Å². The number of benzene rings is 2. The van der Waals surface area contributed by atoms with Gasteiger partial charge in [0.05, 0.1) is 23.0 Å². The normalized spacial score (nSPS) is 23.6. The van der Waals surface area contributed by atoms with E-state index in [1.54, 1.807) is 31.4 Å². The van der Waals surface area contributed by atoms with Crippen LogP contribution in [0, 0.1) is 0 Å². The number of rotatable bonds is 8. The molecule has 3 aromatic rings. The van der Waals surface area contributed by atoms with Gasteiger partial charge in [0.25, 0.3) is 17.4 Å². The smallest absolute Gasteiger partial charge is 0.282 e. The third kappa shape index (κ3) is 6.15. The number of ether oxygens (including phenoxy) is 1. The highest BCUT2D eigenvalue weighted by atomic mass is 79.9. The molecule has 3 saturated heterocycles. The maximum absolute atomic E-state index is 13.4. The topological polar surface area (TPSA) is 146 Å². The molecular weight excluding hydrogens is 682 g/mol. The second-order valence-electron chi connectivity index (χ2n) is 13.1. The quantitative estimate of drug-likeness (QED) is 0.332. The Morgan fingerprint density at radius 2 is 1.75 bits per heavy atom. The maximum Gasteiger partial charge on any atom is 0.282 e. The monoisotopic (exact) mass is 717 g/mol. The Kier molecular flexibility index (Phi) is 8.64. The molecular formula is C34H36BrN7O6. The summed E-state index contributed by atoms with van der Waals surface area (Å²) >= 11 is 3.42. The van der Waals surface area contributed by atoms with E-state index in [0.29, 0.717) is 34.9 Å². The number of aryl methyl sites for hydroxylation is 1. The number of likely N-dealkylation sites (tertiary alicyclic amines) is 2. The molecule has 4 amide bonds. The van der Waals surface area contributed by atoms with E-state index in [-0.39, 0.29) is 41.7 Å². The number of anilines is 1. The van der Waals surface area contributed by atoms with Crippen molar-refractivity contribution in [3.8, 4) is 5.75 Å². The zero-order valence-corrected chi connectivity index (χ0v) is 28.2. The van der Waals surface area contributed by atoms with Crippen molar-refractivity contribution in [3.05, 3.63) is 85.7 Å². The molecule has 14 heteroatoms. The van der Waals surface area contributed by atoms with E-state index in [0.717, 1.165) is 31.0 Å². The number of nitrogens with zero attached hydrogens (tertiary/aromatic N) is 5. The van der Waals surface area contributed by atoms with Gasteiger partial charge in [-0.2, -0.15) is 5.10 Å². The summed E-state index contributed by atoms with van der Waals surface area (Å²) in [7, 11) is 3.74. The molecule has 3 fully saturated rings. The standard InChI is InChI=1S/C34H36BrN7O6/c1-39-15-21(12-22(16-39)37-25-13-36-40(2)34(47)30(25)35)20-8-6-19(7-9-20)14-41-17-23(18-41)48-27-5-3-4-24-29(27)33(46)42(32(24)45)26-10-11-28(43)38-31(26)44/h3-9,13,21-23,26,37H,10-12,14-18H2,1-2H3,(H,38,43,44)/t21-,22+,26?/m1/s1. The van der Waals surface area contributed by atoms with Crippen LogP contribution in [0.2, 0.25) is 0 Å². The van der Waals surface area contributed by atoms with E-state index in [1.807, 2.05) is 0 Å². The van der Waals surface area contributed by atoms with Crippen LogP contribution in [0.15, 0.2) is 57.9 Å². The van der Waals surface area contributed by atoms with Crippen LogP contribution in [0.4, 0.5) is 5.69 Å². The van der Waals surface area contributed by atoms with Crippen LogP contribution in [-0.4, -0.2) is 99.5 Å². The average Bonchev–Trinajstić information content (AvgIpc) is 3.30. The van der Waals surface area contributed by atoms with E-state index < -0.39 is 29.7 Å². The van der Waals surface area contributed by atoms with Gasteiger partial charge < -0.3 is 15.0 Å². The Morgan fingerprint density at radius 3 is 2.50 bits per heavy atom. The lowest BCUT2D eigenvalue weighted by Gasteiger charge is -2.39. The molecule has 2 N–H and O–H groups in total. The van der Waals surface area contributed by atoms with Crippen LogP contribution >= 0.6 is 15.9 Å². The van der Waals surface area contributed by atoms with Crippen LogP contribution in [0.25, 0.3) is 0 Å². The maximum atomic E-state index is 13.4. The molecule has 5 heterocycles. The lowest BCUT2D eigenvalue weighted by molar-refractivity contribution is -0.136. The number of halogens is 1. The van der Waals surface area contributed by atoms with Gasteiger partial charge in [-0.3, -0.25) is 39.1 Å². The van der Waals surface area contributed by atoms with Gasteiger partial charge in [-0.25, -0.2) is 4.68 Å². The summed E-state index contributed by atoms with van der Waals surface area (Å²) in [4.78, 5) is 68.3. The molecule has 3 atom stereocenters. The molecule has 0 aliphatic carbocycles. The van der Waals surface area contributed by atoms with Gasteiger partial charge in [-0.15, -0.1) is 0 Å². The first-order valence-electron chi connectivity index (χ1n) is 16.0. The second-order valence-corrected chi connectivity index (χ2v) is 13.9. The highest BCUT2D eigenvalue weighted by Crippen LogP contribution is 2.35. The van der Waals surface area contributed by atoms with Gasteiger partial charge in [0, 0.05) is 52.2 Å². The predicted molar refractivity (Wildman–Crippen MR) is 179 cm³/mol. The lowest BCUT2D eigenvalue weighted by atomic mass is 9.87. The third-order valence-corrected chi connectivity index (χ3v) is 10.3. The van der Waals surface area contributed by atoms with Gasteiger partial charge in [-0.05, 0) is 65.0 Å². The van der Waals surface area contributed by atoms with E-state index in [2.05, 4.69) is 72.8 Å². The van der Waals surface area contributed by atoms with E-state index in [1.165, 1.54) is 15.8 Å². The van der Waals surface area contributed by atoms with Gasteiger partial charge in [0.2, 0.25) is 11.8 Å². The van der Waals surface area contributed by atoms with Crippen molar-refractivity contribution >= 4 is 45.2 Å². The number of hydrogen-bond acceptors (Lipinski definition) is 10. The summed E-state index contributed by atoms with van der Waals surface area (Å²) in [6.07, 6.45) is 2.64. The molecule has 4 aliphatic rings. The van der Waals surface area contributed by atoms with Gasteiger partial charge in [0.1, 0.15) is 22.4 Å². The molecule has 250 valence electrons. The number of likely N-dealkylation sites (N-methyl/N-ethyl adjacent to an activating group) is 1.